The number of ether oxygens (including phenoxy) is 1. The number of ketones is 1. The number of allylic oxidation sites excluding steroid dienone is 2. The SMILES string of the molecule is CC1CN(C2=CC(=O)CC2)CC(C)O1. The van der Waals surface area contributed by atoms with Gasteiger partial charge in [-0.3, -0.25) is 4.79 Å². The third kappa shape index (κ3) is 1.98. The van der Waals surface area contributed by atoms with Crippen molar-refractivity contribution in [1.82, 2.24) is 4.90 Å². The maximum atomic E-state index is 11.1. The molecule has 0 bridgehead atoms. The molecule has 0 aromatic carbocycles. The number of nitrogens with zero attached hydrogens (tertiary/aromatic N) is 1. The van der Waals surface area contributed by atoms with E-state index in [4.69, 9.17) is 4.74 Å². The minimum absolute atomic E-state index is 0.270. The van der Waals surface area contributed by atoms with Crippen molar-refractivity contribution in [3.8, 4) is 0 Å². The second-order valence-corrected chi connectivity index (χ2v) is 4.26. The normalized spacial score (nSPS) is 33.4. The molecule has 2 unspecified atom stereocenters. The van der Waals surface area contributed by atoms with Gasteiger partial charge in [-0.2, -0.15) is 0 Å². The van der Waals surface area contributed by atoms with Crippen LogP contribution in [0.1, 0.15) is 26.7 Å². The fourth-order valence-corrected chi connectivity index (χ4v) is 2.24. The first-order valence-corrected chi connectivity index (χ1v) is 5.29. The molecular weight excluding hydrogens is 178 g/mol. The highest BCUT2D eigenvalue weighted by Gasteiger charge is 2.26. The van der Waals surface area contributed by atoms with Crippen LogP contribution in [0.2, 0.25) is 0 Å². The Labute approximate surface area is 84.7 Å². The van der Waals surface area contributed by atoms with Crippen LogP contribution in [-0.2, 0) is 9.53 Å². The van der Waals surface area contributed by atoms with E-state index in [0.717, 1.165) is 19.5 Å². The first-order valence-electron chi connectivity index (χ1n) is 5.29. The number of morpholine rings is 1. The van der Waals surface area contributed by atoms with E-state index in [0.29, 0.717) is 6.42 Å². The van der Waals surface area contributed by atoms with Gasteiger partial charge in [0.15, 0.2) is 5.78 Å². The van der Waals surface area contributed by atoms with Crippen LogP contribution in [0.3, 0.4) is 0 Å². The van der Waals surface area contributed by atoms with Crippen molar-refractivity contribution in [2.45, 2.75) is 38.9 Å². The highest BCUT2D eigenvalue weighted by Crippen LogP contribution is 2.23. The lowest BCUT2D eigenvalue weighted by Gasteiger charge is -2.37. The topological polar surface area (TPSA) is 29.5 Å². The number of carbonyl (C=O) groups excluding carboxylic acids is 1. The van der Waals surface area contributed by atoms with Gasteiger partial charge in [0.25, 0.3) is 0 Å². The predicted octanol–water partition coefficient (Wildman–Crippen LogP) is 1.34. The first kappa shape index (κ1) is 9.71. The molecule has 0 N–H and O–H groups in total. The van der Waals surface area contributed by atoms with Crippen molar-refractivity contribution in [3.63, 3.8) is 0 Å². The third-order valence-electron chi connectivity index (χ3n) is 2.78. The average Bonchev–Trinajstić information content (AvgIpc) is 2.50. The summed E-state index contributed by atoms with van der Waals surface area (Å²) in [5.74, 6) is 0.270. The molecule has 0 aromatic rings. The number of hydrogen-bond acceptors (Lipinski definition) is 3. The highest BCUT2D eigenvalue weighted by molar-refractivity contribution is 5.92. The van der Waals surface area contributed by atoms with Gasteiger partial charge < -0.3 is 9.64 Å². The van der Waals surface area contributed by atoms with Crippen molar-refractivity contribution in [1.29, 1.82) is 0 Å². The molecular formula is C11H17NO2. The highest BCUT2D eigenvalue weighted by atomic mass is 16.5. The molecule has 0 amide bonds. The van der Waals surface area contributed by atoms with Gasteiger partial charge in [-0.1, -0.05) is 0 Å². The smallest absolute Gasteiger partial charge is 0.157 e. The first-order chi connectivity index (χ1) is 6.65. The molecule has 1 fully saturated rings. The monoisotopic (exact) mass is 195 g/mol. The zero-order valence-corrected chi connectivity index (χ0v) is 8.82. The van der Waals surface area contributed by atoms with E-state index in [2.05, 4.69) is 18.7 Å². The molecule has 2 rings (SSSR count). The summed E-state index contributed by atoms with van der Waals surface area (Å²) in [6.07, 6.45) is 3.95. The Bertz CT molecular complexity index is 262. The largest absolute Gasteiger partial charge is 0.372 e. The number of carbonyl (C=O) groups is 1. The predicted molar refractivity (Wildman–Crippen MR) is 53.9 cm³/mol. The van der Waals surface area contributed by atoms with Crippen molar-refractivity contribution < 1.29 is 9.53 Å². The molecule has 0 saturated carbocycles. The van der Waals surface area contributed by atoms with E-state index in [1.165, 1.54) is 5.70 Å². The van der Waals surface area contributed by atoms with E-state index in [-0.39, 0.29) is 18.0 Å². The standard InChI is InChI=1S/C11H17NO2/c1-8-6-12(7-9(2)14-8)10-3-4-11(13)5-10/h5,8-9H,3-4,6-7H2,1-2H3. The van der Waals surface area contributed by atoms with Crippen LogP contribution in [-0.4, -0.2) is 36.0 Å². The Kier molecular flexibility index (Phi) is 2.59. The molecule has 1 aliphatic heterocycles. The molecule has 3 nitrogen and oxygen atoms in total. The summed E-state index contributed by atoms with van der Waals surface area (Å²) in [7, 11) is 0. The lowest BCUT2D eigenvalue weighted by Crippen LogP contribution is -2.44. The summed E-state index contributed by atoms with van der Waals surface area (Å²) in [6.45, 7) is 6.01. The van der Waals surface area contributed by atoms with Gasteiger partial charge in [0.1, 0.15) is 0 Å². The van der Waals surface area contributed by atoms with Gasteiger partial charge in [0.2, 0.25) is 0 Å². The summed E-state index contributed by atoms with van der Waals surface area (Å²) < 4.78 is 5.65. The Morgan fingerprint density at radius 1 is 1.29 bits per heavy atom. The molecule has 0 spiro atoms. The van der Waals surface area contributed by atoms with Crippen LogP contribution in [0.4, 0.5) is 0 Å². The van der Waals surface area contributed by atoms with Crippen molar-refractivity contribution >= 4 is 5.78 Å². The second kappa shape index (κ2) is 3.73. The molecule has 2 aliphatic rings. The summed E-state index contributed by atoms with van der Waals surface area (Å²) >= 11 is 0. The summed E-state index contributed by atoms with van der Waals surface area (Å²) in [4.78, 5) is 13.4. The maximum Gasteiger partial charge on any atom is 0.157 e. The van der Waals surface area contributed by atoms with Gasteiger partial charge in [0.05, 0.1) is 12.2 Å². The van der Waals surface area contributed by atoms with Crippen molar-refractivity contribution in [2.24, 2.45) is 0 Å². The second-order valence-electron chi connectivity index (χ2n) is 4.26. The maximum absolute atomic E-state index is 11.1. The fraction of sp³-hybridized carbons (Fsp3) is 0.727. The quantitative estimate of drug-likeness (QED) is 0.632. The van der Waals surface area contributed by atoms with Gasteiger partial charge in [-0.25, -0.2) is 0 Å². The molecule has 3 heteroatoms. The lowest BCUT2D eigenvalue weighted by atomic mass is 10.2. The van der Waals surface area contributed by atoms with Gasteiger partial charge >= 0.3 is 0 Å². The zero-order valence-electron chi connectivity index (χ0n) is 8.82. The van der Waals surface area contributed by atoms with Gasteiger partial charge in [0, 0.05) is 31.3 Å². The van der Waals surface area contributed by atoms with Crippen molar-refractivity contribution in [3.05, 3.63) is 11.8 Å². The molecule has 2 atom stereocenters. The van der Waals surface area contributed by atoms with Crippen LogP contribution in [0.25, 0.3) is 0 Å². The van der Waals surface area contributed by atoms with Gasteiger partial charge in [-0.15, -0.1) is 0 Å². The molecule has 1 heterocycles. The Balaban J connectivity index is 2.03. The summed E-state index contributed by atoms with van der Waals surface area (Å²) in [6, 6.07) is 0. The average molecular weight is 195 g/mol. The van der Waals surface area contributed by atoms with Crippen LogP contribution in [0, 0.1) is 0 Å². The molecule has 0 radical (unpaired) electrons. The van der Waals surface area contributed by atoms with Crippen LogP contribution >= 0.6 is 0 Å². The Morgan fingerprint density at radius 2 is 1.93 bits per heavy atom. The van der Waals surface area contributed by atoms with Crippen LogP contribution < -0.4 is 0 Å². The van der Waals surface area contributed by atoms with E-state index in [9.17, 15) is 4.79 Å². The lowest BCUT2D eigenvalue weighted by molar-refractivity contribution is -0.114. The Hall–Kier alpha value is -0.830. The molecule has 14 heavy (non-hydrogen) atoms. The van der Waals surface area contributed by atoms with Gasteiger partial charge in [-0.05, 0) is 20.3 Å². The third-order valence-corrected chi connectivity index (χ3v) is 2.78. The molecule has 1 saturated heterocycles. The van der Waals surface area contributed by atoms with Crippen LogP contribution in [0.5, 0.6) is 0 Å². The molecule has 78 valence electrons. The van der Waals surface area contributed by atoms with E-state index < -0.39 is 0 Å². The van der Waals surface area contributed by atoms with Crippen molar-refractivity contribution in [2.75, 3.05) is 13.1 Å². The fourth-order valence-electron chi connectivity index (χ4n) is 2.24. The Morgan fingerprint density at radius 3 is 2.43 bits per heavy atom. The number of hydrogen-bond donors (Lipinski definition) is 0. The van der Waals surface area contributed by atoms with E-state index >= 15 is 0 Å². The summed E-state index contributed by atoms with van der Waals surface area (Å²) in [5, 5.41) is 0. The number of rotatable bonds is 1. The van der Waals surface area contributed by atoms with E-state index in [1.807, 2.05) is 0 Å². The zero-order chi connectivity index (χ0) is 10.1. The van der Waals surface area contributed by atoms with E-state index in [1.54, 1.807) is 6.08 Å². The van der Waals surface area contributed by atoms with Crippen LogP contribution in [0.15, 0.2) is 11.8 Å². The molecule has 1 aliphatic carbocycles. The minimum atomic E-state index is 0.270. The minimum Gasteiger partial charge on any atom is -0.372 e. The summed E-state index contributed by atoms with van der Waals surface area (Å²) in [5.41, 5.74) is 1.21. The molecule has 0 aromatic heterocycles.